The van der Waals surface area contributed by atoms with Gasteiger partial charge in [-0.2, -0.15) is 0 Å². The third kappa shape index (κ3) is 4.97. The van der Waals surface area contributed by atoms with Crippen molar-refractivity contribution in [3.8, 4) is 11.8 Å². The number of aliphatic hydroxyl groups is 2. The molecule has 5 heteroatoms. The summed E-state index contributed by atoms with van der Waals surface area (Å²) in [7, 11) is 0. The molecule has 0 bridgehead atoms. The van der Waals surface area contributed by atoms with Gasteiger partial charge in [-0.05, 0) is 32.4 Å². The van der Waals surface area contributed by atoms with Gasteiger partial charge in [-0.25, -0.2) is 0 Å². The largest absolute Gasteiger partial charge is 0.396 e. The van der Waals surface area contributed by atoms with Crippen LogP contribution in [0.25, 0.3) is 0 Å². The summed E-state index contributed by atoms with van der Waals surface area (Å²) in [5.41, 5.74) is 0. The van der Waals surface area contributed by atoms with E-state index in [4.69, 9.17) is 10.2 Å². The van der Waals surface area contributed by atoms with Gasteiger partial charge >= 0.3 is 0 Å². The first-order valence-electron chi connectivity index (χ1n) is 6.71. The number of carbonyl (C=O) groups is 1. The second kappa shape index (κ2) is 8.75. The molecule has 1 aromatic rings. The molecule has 110 valence electrons. The predicted molar refractivity (Wildman–Crippen MR) is 80.8 cm³/mol. The van der Waals surface area contributed by atoms with E-state index >= 15 is 0 Å². The fourth-order valence-electron chi connectivity index (χ4n) is 1.70. The lowest BCUT2D eigenvalue weighted by molar-refractivity contribution is 0.0698. The Kier molecular flexibility index (Phi) is 7.31. The van der Waals surface area contributed by atoms with Crippen LogP contribution < -0.4 is 0 Å². The highest BCUT2D eigenvalue weighted by atomic mass is 32.1. The first-order chi connectivity index (χ1) is 9.60. The fraction of sp³-hybridized carbons (Fsp3) is 0.533. The minimum absolute atomic E-state index is 0.0198. The number of nitrogens with zero attached hydrogens (tertiary/aromatic N) is 1. The Hall–Kier alpha value is -1.35. The number of hydrogen-bond acceptors (Lipinski definition) is 4. The molecule has 0 aliphatic carbocycles. The standard InChI is InChI=1S/C15H21NO3S/c1-12(2)16(9-5-11-18)15(19)14-8-7-13(20-14)6-3-4-10-17/h7-8,12,17-18H,4-5,9-11H2,1-2H3. The third-order valence-corrected chi connectivity index (χ3v) is 3.70. The maximum Gasteiger partial charge on any atom is 0.264 e. The average molecular weight is 295 g/mol. The highest BCUT2D eigenvalue weighted by Crippen LogP contribution is 2.19. The van der Waals surface area contributed by atoms with Crippen molar-refractivity contribution in [3.05, 3.63) is 21.9 Å². The van der Waals surface area contributed by atoms with Gasteiger partial charge in [-0.1, -0.05) is 11.8 Å². The summed E-state index contributed by atoms with van der Waals surface area (Å²) >= 11 is 1.36. The van der Waals surface area contributed by atoms with Gasteiger partial charge in [0, 0.05) is 25.6 Å². The van der Waals surface area contributed by atoms with Crippen LogP contribution in [0.5, 0.6) is 0 Å². The van der Waals surface area contributed by atoms with Crippen molar-refractivity contribution in [2.75, 3.05) is 19.8 Å². The van der Waals surface area contributed by atoms with E-state index < -0.39 is 0 Å². The van der Waals surface area contributed by atoms with E-state index in [1.54, 1.807) is 11.0 Å². The van der Waals surface area contributed by atoms with Crippen molar-refractivity contribution < 1.29 is 15.0 Å². The summed E-state index contributed by atoms with van der Waals surface area (Å²) in [6.07, 6.45) is 1.02. The zero-order valence-corrected chi connectivity index (χ0v) is 12.7. The molecule has 0 aliphatic heterocycles. The van der Waals surface area contributed by atoms with Crippen molar-refractivity contribution in [1.29, 1.82) is 0 Å². The van der Waals surface area contributed by atoms with Crippen molar-refractivity contribution in [3.63, 3.8) is 0 Å². The molecule has 0 fully saturated rings. The summed E-state index contributed by atoms with van der Waals surface area (Å²) in [6, 6.07) is 3.71. The quantitative estimate of drug-likeness (QED) is 0.786. The number of amides is 1. The Labute approximate surface area is 124 Å². The van der Waals surface area contributed by atoms with Crippen LogP contribution in [0.4, 0.5) is 0 Å². The number of carbonyl (C=O) groups excluding carboxylic acids is 1. The molecule has 2 N–H and O–H groups in total. The number of rotatable bonds is 6. The van der Waals surface area contributed by atoms with E-state index in [1.165, 1.54) is 11.3 Å². The van der Waals surface area contributed by atoms with Crippen molar-refractivity contribution in [2.24, 2.45) is 0 Å². The topological polar surface area (TPSA) is 60.8 Å². The molecule has 0 radical (unpaired) electrons. The van der Waals surface area contributed by atoms with Crippen LogP contribution in [0.1, 0.15) is 41.2 Å². The van der Waals surface area contributed by atoms with Crippen LogP contribution in [0.3, 0.4) is 0 Å². The summed E-state index contributed by atoms with van der Waals surface area (Å²) in [5, 5.41) is 17.6. The molecule has 4 nitrogen and oxygen atoms in total. The van der Waals surface area contributed by atoms with Gasteiger partial charge in [0.25, 0.3) is 5.91 Å². The average Bonchev–Trinajstić information content (AvgIpc) is 2.87. The maximum absolute atomic E-state index is 12.4. The second-order valence-corrected chi connectivity index (χ2v) is 5.69. The fourth-order valence-corrected chi connectivity index (χ4v) is 2.54. The minimum atomic E-state index is -0.0198. The molecule has 1 heterocycles. The minimum Gasteiger partial charge on any atom is -0.396 e. The normalized spacial score (nSPS) is 10.2. The van der Waals surface area contributed by atoms with E-state index in [1.807, 2.05) is 19.9 Å². The van der Waals surface area contributed by atoms with Crippen LogP contribution in [-0.2, 0) is 0 Å². The van der Waals surface area contributed by atoms with Gasteiger partial charge < -0.3 is 15.1 Å². The van der Waals surface area contributed by atoms with Gasteiger partial charge in [-0.15, -0.1) is 11.3 Å². The Bertz CT molecular complexity index is 485. The zero-order chi connectivity index (χ0) is 15.0. The molecule has 20 heavy (non-hydrogen) atoms. The lowest BCUT2D eigenvalue weighted by Gasteiger charge is -2.25. The molecule has 0 aromatic carbocycles. The third-order valence-electron chi connectivity index (χ3n) is 2.71. The van der Waals surface area contributed by atoms with Crippen molar-refractivity contribution >= 4 is 17.2 Å². The van der Waals surface area contributed by atoms with Crippen LogP contribution in [-0.4, -0.2) is 46.8 Å². The number of aliphatic hydroxyl groups excluding tert-OH is 2. The van der Waals surface area contributed by atoms with Gasteiger partial charge in [-0.3, -0.25) is 4.79 Å². The van der Waals surface area contributed by atoms with E-state index in [9.17, 15) is 4.79 Å². The number of thiophene rings is 1. The SMILES string of the molecule is CC(C)N(CCCO)C(=O)c1ccc(C#CCCO)s1. The summed E-state index contributed by atoms with van der Waals surface area (Å²) in [4.78, 5) is 15.6. The van der Waals surface area contributed by atoms with Crippen LogP contribution in [0, 0.1) is 11.8 Å². The van der Waals surface area contributed by atoms with E-state index in [0.717, 1.165) is 4.88 Å². The maximum atomic E-state index is 12.4. The molecule has 1 rings (SSSR count). The molecule has 0 spiro atoms. The predicted octanol–water partition coefficient (Wildman–Crippen LogP) is 1.71. The Morgan fingerprint density at radius 1 is 1.35 bits per heavy atom. The van der Waals surface area contributed by atoms with Gasteiger partial charge in [0.2, 0.25) is 0 Å². The van der Waals surface area contributed by atoms with Crippen molar-refractivity contribution in [2.45, 2.75) is 32.7 Å². The Morgan fingerprint density at radius 2 is 2.10 bits per heavy atom. The lowest BCUT2D eigenvalue weighted by atomic mass is 10.2. The first-order valence-corrected chi connectivity index (χ1v) is 7.53. The second-order valence-electron chi connectivity index (χ2n) is 4.61. The van der Waals surface area contributed by atoms with Gasteiger partial charge in [0.05, 0.1) is 16.4 Å². The molecule has 0 atom stereocenters. The Balaban J connectivity index is 2.77. The summed E-state index contributed by atoms with van der Waals surface area (Å²) in [6.45, 7) is 4.61. The van der Waals surface area contributed by atoms with Gasteiger partial charge in [0.15, 0.2) is 0 Å². The Morgan fingerprint density at radius 3 is 2.70 bits per heavy atom. The molecule has 0 saturated carbocycles. The lowest BCUT2D eigenvalue weighted by Crippen LogP contribution is -2.37. The molecule has 0 aliphatic rings. The molecule has 0 saturated heterocycles. The molecule has 1 aromatic heterocycles. The monoisotopic (exact) mass is 295 g/mol. The van der Waals surface area contributed by atoms with E-state index in [-0.39, 0.29) is 25.2 Å². The van der Waals surface area contributed by atoms with Crippen molar-refractivity contribution in [1.82, 2.24) is 4.90 Å². The molecule has 0 unspecified atom stereocenters. The summed E-state index contributed by atoms with van der Waals surface area (Å²) in [5.74, 6) is 5.75. The van der Waals surface area contributed by atoms with Gasteiger partial charge in [0.1, 0.15) is 0 Å². The summed E-state index contributed by atoms with van der Waals surface area (Å²) < 4.78 is 0. The number of hydrogen-bond donors (Lipinski definition) is 2. The molecular formula is C15H21NO3S. The molecular weight excluding hydrogens is 274 g/mol. The zero-order valence-electron chi connectivity index (χ0n) is 11.9. The van der Waals surface area contributed by atoms with Crippen LogP contribution in [0.15, 0.2) is 12.1 Å². The van der Waals surface area contributed by atoms with Crippen LogP contribution in [0.2, 0.25) is 0 Å². The first kappa shape index (κ1) is 16.7. The highest BCUT2D eigenvalue weighted by molar-refractivity contribution is 7.14. The highest BCUT2D eigenvalue weighted by Gasteiger charge is 2.19. The molecule has 1 amide bonds. The van der Waals surface area contributed by atoms with E-state index in [2.05, 4.69) is 11.8 Å². The smallest absolute Gasteiger partial charge is 0.264 e. The van der Waals surface area contributed by atoms with Crippen LogP contribution >= 0.6 is 11.3 Å². The van der Waals surface area contributed by atoms with E-state index in [0.29, 0.717) is 24.3 Å².